The highest BCUT2D eigenvalue weighted by Gasteiger charge is 2.19. The van der Waals surface area contributed by atoms with Crippen molar-refractivity contribution in [3.05, 3.63) is 47.7 Å². The van der Waals surface area contributed by atoms with E-state index in [-0.39, 0.29) is 23.0 Å². The van der Waals surface area contributed by atoms with Crippen molar-refractivity contribution in [3.8, 4) is 0 Å². The molecule has 21 heavy (non-hydrogen) atoms. The number of anilines is 1. The van der Waals surface area contributed by atoms with E-state index in [2.05, 4.69) is 15.0 Å². The molecule has 0 saturated carbocycles. The molecule has 0 bridgehead atoms. The molecule has 0 radical (unpaired) electrons. The molecule has 0 fully saturated rings. The predicted molar refractivity (Wildman–Crippen MR) is 78.4 cm³/mol. The standard InChI is InChI=1S/C12H15N5O3S/c1-17-12(10(7-14-17)11(13)15-18)16-21(19,20)8-9-5-3-2-4-6-9/h2-7,16,18H,8H2,1H3,(H2,13,15). The number of hydrogen-bond donors (Lipinski definition) is 3. The molecule has 2 rings (SSSR count). The number of oxime groups is 1. The van der Waals surface area contributed by atoms with Gasteiger partial charge in [0, 0.05) is 7.05 Å². The zero-order chi connectivity index (χ0) is 15.5. The molecule has 8 nitrogen and oxygen atoms in total. The van der Waals surface area contributed by atoms with Crippen LogP contribution in [0.4, 0.5) is 5.82 Å². The second-order valence-corrected chi connectivity index (χ2v) is 6.08. The van der Waals surface area contributed by atoms with Crippen LogP contribution in [-0.2, 0) is 22.8 Å². The van der Waals surface area contributed by atoms with Crippen LogP contribution in [0.3, 0.4) is 0 Å². The van der Waals surface area contributed by atoms with Gasteiger partial charge in [0.05, 0.1) is 17.5 Å². The summed E-state index contributed by atoms with van der Waals surface area (Å²) in [7, 11) is -2.10. The van der Waals surface area contributed by atoms with Crippen molar-refractivity contribution < 1.29 is 13.6 Å². The number of sulfonamides is 1. The molecule has 4 N–H and O–H groups in total. The third kappa shape index (κ3) is 3.51. The zero-order valence-corrected chi connectivity index (χ0v) is 12.1. The number of nitrogens with two attached hydrogens (primary N) is 1. The average Bonchev–Trinajstić information content (AvgIpc) is 2.79. The Bertz CT molecular complexity index is 752. The Balaban J connectivity index is 2.27. The van der Waals surface area contributed by atoms with E-state index >= 15 is 0 Å². The Labute approximate surface area is 121 Å². The van der Waals surface area contributed by atoms with Crippen LogP contribution in [0.2, 0.25) is 0 Å². The van der Waals surface area contributed by atoms with Crippen LogP contribution in [-0.4, -0.2) is 29.2 Å². The summed E-state index contributed by atoms with van der Waals surface area (Å²) in [5, 5.41) is 15.5. The summed E-state index contributed by atoms with van der Waals surface area (Å²) in [5.74, 6) is -0.268. The van der Waals surface area contributed by atoms with Gasteiger partial charge in [0.1, 0.15) is 5.82 Å². The number of nitrogens with one attached hydrogen (secondary N) is 1. The second kappa shape index (κ2) is 5.83. The SMILES string of the molecule is Cn1ncc(C(N)=NO)c1NS(=O)(=O)Cc1ccccc1. The zero-order valence-electron chi connectivity index (χ0n) is 11.3. The largest absolute Gasteiger partial charge is 0.409 e. The van der Waals surface area contributed by atoms with E-state index in [1.54, 1.807) is 37.4 Å². The van der Waals surface area contributed by atoms with Crippen LogP contribution in [0.25, 0.3) is 0 Å². The number of aryl methyl sites for hydroxylation is 1. The quantitative estimate of drug-likeness (QED) is 0.320. The summed E-state index contributed by atoms with van der Waals surface area (Å²) >= 11 is 0. The van der Waals surface area contributed by atoms with Crippen molar-refractivity contribution >= 4 is 21.7 Å². The van der Waals surface area contributed by atoms with E-state index in [4.69, 9.17) is 10.9 Å². The monoisotopic (exact) mass is 309 g/mol. The van der Waals surface area contributed by atoms with Gasteiger partial charge in [-0.15, -0.1) is 0 Å². The van der Waals surface area contributed by atoms with Gasteiger partial charge in [-0.1, -0.05) is 35.5 Å². The summed E-state index contributed by atoms with van der Waals surface area (Å²) in [5.41, 5.74) is 6.35. The van der Waals surface area contributed by atoms with Crippen molar-refractivity contribution in [1.29, 1.82) is 0 Å². The lowest BCUT2D eigenvalue weighted by atomic mass is 10.2. The van der Waals surface area contributed by atoms with E-state index in [0.29, 0.717) is 5.56 Å². The first-order valence-corrected chi connectivity index (χ1v) is 7.62. The summed E-state index contributed by atoms with van der Waals surface area (Å²) in [6, 6.07) is 8.76. The van der Waals surface area contributed by atoms with E-state index in [1.807, 2.05) is 0 Å². The van der Waals surface area contributed by atoms with Crippen LogP contribution < -0.4 is 10.5 Å². The van der Waals surface area contributed by atoms with Gasteiger partial charge in [-0.2, -0.15) is 5.10 Å². The van der Waals surface area contributed by atoms with E-state index in [9.17, 15) is 8.42 Å². The third-order valence-electron chi connectivity index (χ3n) is 2.77. The maximum Gasteiger partial charge on any atom is 0.238 e. The van der Waals surface area contributed by atoms with Crippen LogP contribution in [0, 0.1) is 0 Å². The minimum Gasteiger partial charge on any atom is -0.409 e. The third-order valence-corrected chi connectivity index (χ3v) is 3.99. The topological polar surface area (TPSA) is 123 Å². The smallest absolute Gasteiger partial charge is 0.238 e. The Morgan fingerprint density at radius 3 is 2.71 bits per heavy atom. The molecule has 0 aliphatic rings. The Morgan fingerprint density at radius 2 is 2.10 bits per heavy atom. The van der Waals surface area contributed by atoms with Crippen LogP contribution in [0.5, 0.6) is 0 Å². The van der Waals surface area contributed by atoms with Gasteiger partial charge in [0.25, 0.3) is 0 Å². The van der Waals surface area contributed by atoms with Crippen molar-refractivity contribution in [2.75, 3.05) is 4.72 Å². The molecule has 9 heteroatoms. The molecule has 0 aliphatic heterocycles. The molecule has 112 valence electrons. The van der Waals surface area contributed by atoms with Gasteiger partial charge < -0.3 is 10.9 Å². The average molecular weight is 309 g/mol. The Kier molecular flexibility index (Phi) is 4.13. The van der Waals surface area contributed by atoms with Gasteiger partial charge >= 0.3 is 0 Å². The summed E-state index contributed by atoms with van der Waals surface area (Å²) in [6.07, 6.45) is 1.31. The molecule has 1 aromatic carbocycles. The van der Waals surface area contributed by atoms with Crippen LogP contribution in [0.15, 0.2) is 41.7 Å². The number of hydrogen-bond acceptors (Lipinski definition) is 5. The molecular formula is C12H15N5O3S. The Morgan fingerprint density at radius 1 is 1.43 bits per heavy atom. The molecule has 0 amide bonds. The summed E-state index contributed by atoms with van der Waals surface area (Å²) < 4.78 is 28.1. The summed E-state index contributed by atoms with van der Waals surface area (Å²) in [4.78, 5) is 0. The number of amidine groups is 1. The molecule has 0 spiro atoms. The maximum absolute atomic E-state index is 12.2. The molecule has 1 heterocycles. The highest BCUT2D eigenvalue weighted by atomic mass is 32.2. The number of benzene rings is 1. The minimum atomic E-state index is -3.65. The van der Waals surface area contributed by atoms with Gasteiger partial charge in [0.2, 0.25) is 10.0 Å². The van der Waals surface area contributed by atoms with Gasteiger partial charge in [-0.05, 0) is 5.56 Å². The lowest BCUT2D eigenvalue weighted by Gasteiger charge is -2.10. The number of aromatic nitrogens is 2. The van der Waals surface area contributed by atoms with Gasteiger partial charge in [0.15, 0.2) is 5.84 Å². The first-order chi connectivity index (χ1) is 9.93. The molecule has 2 aromatic rings. The predicted octanol–water partition coefficient (Wildman–Crippen LogP) is 0.456. The first kappa shape index (κ1) is 14.9. The van der Waals surface area contributed by atoms with Crippen molar-refractivity contribution in [1.82, 2.24) is 9.78 Å². The normalized spacial score (nSPS) is 12.3. The van der Waals surface area contributed by atoms with Crippen LogP contribution in [0.1, 0.15) is 11.1 Å². The Hall–Kier alpha value is -2.55. The van der Waals surface area contributed by atoms with E-state index in [0.717, 1.165) is 0 Å². The van der Waals surface area contributed by atoms with E-state index in [1.165, 1.54) is 10.9 Å². The number of nitrogens with zero attached hydrogens (tertiary/aromatic N) is 3. The molecule has 0 unspecified atom stereocenters. The van der Waals surface area contributed by atoms with Crippen molar-refractivity contribution in [3.63, 3.8) is 0 Å². The van der Waals surface area contributed by atoms with Crippen molar-refractivity contribution in [2.24, 2.45) is 17.9 Å². The summed E-state index contributed by atoms with van der Waals surface area (Å²) in [6.45, 7) is 0. The van der Waals surface area contributed by atoms with Crippen LogP contribution >= 0.6 is 0 Å². The molecular weight excluding hydrogens is 294 g/mol. The van der Waals surface area contributed by atoms with Gasteiger partial charge in [-0.3, -0.25) is 9.40 Å². The lowest BCUT2D eigenvalue weighted by molar-refractivity contribution is 0.318. The molecule has 0 aliphatic carbocycles. The fraction of sp³-hybridized carbons (Fsp3) is 0.167. The van der Waals surface area contributed by atoms with Crippen molar-refractivity contribution in [2.45, 2.75) is 5.75 Å². The minimum absolute atomic E-state index is 0.140. The second-order valence-electron chi connectivity index (χ2n) is 4.36. The fourth-order valence-corrected chi connectivity index (χ4v) is 3.02. The maximum atomic E-state index is 12.2. The highest BCUT2D eigenvalue weighted by Crippen LogP contribution is 2.17. The van der Waals surface area contributed by atoms with E-state index < -0.39 is 10.0 Å². The molecule has 0 saturated heterocycles. The van der Waals surface area contributed by atoms with Gasteiger partial charge in [-0.25, -0.2) is 8.42 Å². The lowest BCUT2D eigenvalue weighted by Crippen LogP contribution is -2.21. The fourth-order valence-electron chi connectivity index (χ4n) is 1.78. The molecule has 0 atom stereocenters. The molecule has 1 aromatic heterocycles. The number of rotatable bonds is 5. The highest BCUT2D eigenvalue weighted by molar-refractivity contribution is 7.91. The first-order valence-electron chi connectivity index (χ1n) is 5.97.